The zero-order valence-electron chi connectivity index (χ0n) is 8.62. The highest BCUT2D eigenvalue weighted by Gasteiger charge is 2.32. The predicted molar refractivity (Wildman–Crippen MR) is 54.4 cm³/mol. The highest BCUT2D eigenvalue weighted by atomic mass is 19.1. The molecule has 1 aromatic heterocycles. The van der Waals surface area contributed by atoms with Crippen LogP contribution < -0.4 is 4.74 Å². The topological polar surface area (TPSA) is 27.1 Å². The van der Waals surface area contributed by atoms with Gasteiger partial charge in [-0.25, -0.2) is 4.39 Å². The number of fused-ring (bicyclic) bond motifs is 3. The molecule has 15 heavy (non-hydrogen) atoms. The lowest BCUT2D eigenvalue weighted by atomic mass is 10.1. The van der Waals surface area contributed by atoms with Gasteiger partial charge in [-0.1, -0.05) is 0 Å². The molecule has 78 valence electrons. The van der Waals surface area contributed by atoms with Crippen molar-refractivity contribution in [2.45, 2.75) is 26.0 Å². The number of rotatable bonds is 0. The summed E-state index contributed by atoms with van der Waals surface area (Å²) in [5, 5.41) is 0. The van der Waals surface area contributed by atoms with Gasteiger partial charge in [-0.15, -0.1) is 0 Å². The Morgan fingerprint density at radius 3 is 3.07 bits per heavy atom. The number of imidazole rings is 1. The number of hydrogen-bond acceptors (Lipinski definition) is 2. The van der Waals surface area contributed by atoms with Crippen molar-refractivity contribution in [1.29, 1.82) is 0 Å². The minimum Gasteiger partial charge on any atom is -0.457 e. The van der Waals surface area contributed by atoms with Gasteiger partial charge < -0.3 is 4.74 Å². The van der Waals surface area contributed by atoms with Crippen LogP contribution in [0.15, 0.2) is 18.2 Å². The van der Waals surface area contributed by atoms with E-state index < -0.39 is 0 Å². The monoisotopic (exact) mass is 206 g/mol. The Balaban J connectivity index is 2.23. The van der Waals surface area contributed by atoms with Crippen LogP contribution in [0.3, 0.4) is 0 Å². The van der Waals surface area contributed by atoms with E-state index in [2.05, 4.69) is 4.98 Å². The summed E-state index contributed by atoms with van der Waals surface area (Å²) in [4.78, 5) is 4.25. The summed E-state index contributed by atoms with van der Waals surface area (Å²) >= 11 is 0. The Labute approximate surface area is 86.5 Å². The van der Waals surface area contributed by atoms with Crippen molar-refractivity contribution in [2.24, 2.45) is 0 Å². The van der Waals surface area contributed by atoms with Gasteiger partial charge in [0.1, 0.15) is 11.4 Å². The molecule has 0 N–H and O–H groups in total. The second kappa shape index (κ2) is 2.51. The van der Waals surface area contributed by atoms with Crippen LogP contribution in [0.5, 0.6) is 6.01 Å². The van der Waals surface area contributed by atoms with Gasteiger partial charge in [0.15, 0.2) is 0 Å². The van der Waals surface area contributed by atoms with Gasteiger partial charge >= 0.3 is 0 Å². The normalized spacial score (nSPS) is 17.8. The molecular weight excluding hydrogens is 195 g/mol. The molecule has 0 fully saturated rings. The first-order valence-corrected chi connectivity index (χ1v) is 4.90. The Morgan fingerprint density at radius 2 is 2.27 bits per heavy atom. The van der Waals surface area contributed by atoms with Gasteiger partial charge in [0.2, 0.25) is 0 Å². The summed E-state index contributed by atoms with van der Waals surface area (Å²) in [6, 6.07) is 5.20. The molecule has 0 saturated heterocycles. The van der Waals surface area contributed by atoms with E-state index in [1.165, 1.54) is 12.1 Å². The fourth-order valence-corrected chi connectivity index (χ4v) is 1.97. The summed E-state index contributed by atoms with van der Waals surface area (Å²) in [6.07, 6.45) is 0. The van der Waals surface area contributed by atoms with Crippen LogP contribution in [0.1, 0.15) is 13.8 Å². The number of hydrogen-bond donors (Lipinski definition) is 0. The standard InChI is InChI=1S/C11H11FN2O/c1-11(2)6-14-9-4-3-7(12)5-8(9)13-10(14)15-11/h3-5H,6H2,1-2H3. The maximum absolute atomic E-state index is 13.0. The molecule has 0 atom stereocenters. The van der Waals surface area contributed by atoms with Crippen molar-refractivity contribution in [2.75, 3.05) is 0 Å². The summed E-state index contributed by atoms with van der Waals surface area (Å²) in [5.74, 6) is -0.265. The van der Waals surface area contributed by atoms with Gasteiger partial charge in [0.05, 0.1) is 17.6 Å². The van der Waals surface area contributed by atoms with Gasteiger partial charge in [-0.2, -0.15) is 4.98 Å². The zero-order chi connectivity index (χ0) is 10.6. The van der Waals surface area contributed by atoms with Gasteiger partial charge in [-0.3, -0.25) is 4.57 Å². The molecule has 1 aliphatic heterocycles. The number of halogens is 1. The fraction of sp³-hybridized carbons (Fsp3) is 0.364. The van der Waals surface area contributed by atoms with Crippen molar-refractivity contribution in [3.05, 3.63) is 24.0 Å². The zero-order valence-corrected chi connectivity index (χ0v) is 8.62. The summed E-state index contributed by atoms with van der Waals surface area (Å²) in [7, 11) is 0. The first-order chi connectivity index (χ1) is 7.05. The van der Waals surface area contributed by atoms with Crippen LogP contribution in [0.2, 0.25) is 0 Å². The number of benzene rings is 1. The van der Waals surface area contributed by atoms with Crippen molar-refractivity contribution in [3.63, 3.8) is 0 Å². The second-order valence-electron chi connectivity index (χ2n) is 4.48. The van der Waals surface area contributed by atoms with E-state index in [1.807, 2.05) is 18.4 Å². The lowest BCUT2D eigenvalue weighted by molar-refractivity contribution is 0.131. The third-order valence-electron chi connectivity index (χ3n) is 2.58. The Kier molecular flexibility index (Phi) is 1.45. The minimum atomic E-state index is -0.265. The second-order valence-corrected chi connectivity index (χ2v) is 4.48. The van der Waals surface area contributed by atoms with E-state index in [0.29, 0.717) is 11.5 Å². The SMILES string of the molecule is CC1(C)Cn2c(nc3cc(F)ccc32)O1. The average molecular weight is 206 g/mol. The highest BCUT2D eigenvalue weighted by molar-refractivity contribution is 5.77. The molecular formula is C11H11FN2O. The largest absolute Gasteiger partial charge is 0.457 e. The van der Waals surface area contributed by atoms with Crippen LogP contribution in [0.25, 0.3) is 11.0 Å². The molecule has 0 spiro atoms. The van der Waals surface area contributed by atoms with Gasteiger partial charge in [-0.05, 0) is 26.0 Å². The molecule has 0 amide bonds. The molecule has 3 nitrogen and oxygen atoms in total. The highest BCUT2D eigenvalue weighted by Crippen LogP contribution is 2.32. The maximum Gasteiger partial charge on any atom is 0.298 e. The first-order valence-electron chi connectivity index (χ1n) is 4.90. The van der Waals surface area contributed by atoms with E-state index in [4.69, 9.17) is 4.74 Å². The molecule has 0 saturated carbocycles. The third kappa shape index (κ3) is 1.21. The Bertz CT molecular complexity index is 545. The predicted octanol–water partition coefficient (Wildman–Crippen LogP) is 2.35. The van der Waals surface area contributed by atoms with Crippen LogP contribution in [-0.2, 0) is 6.54 Å². The van der Waals surface area contributed by atoms with E-state index in [9.17, 15) is 4.39 Å². The molecule has 3 rings (SSSR count). The van der Waals surface area contributed by atoms with Crippen LogP contribution in [0.4, 0.5) is 4.39 Å². The smallest absolute Gasteiger partial charge is 0.298 e. The van der Waals surface area contributed by atoms with Crippen molar-refractivity contribution < 1.29 is 9.13 Å². The molecule has 0 bridgehead atoms. The van der Waals surface area contributed by atoms with Crippen molar-refractivity contribution in [1.82, 2.24) is 9.55 Å². The average Bonchev–Trinajstić information content (AvgIpc) is 2.55. The first kappa shape index (κ1) is 8.71. The molecule has 2 heterocycles. The van der Waals surface area contributed by atoms with E-state index in [1.54, 1.807) is 6.07 Å². The van der Waals surface area contributed by atoms with Crippen molar-refractivity contribution in [3.8, 4) is 6.01 Å². The fourth-order valence-electron chi connectivity index (χ4n) is 1.97. The Hall–Kier alpha value is -1.58. The Morgan fingerprint density at radius 1 is 1.47 bits per heavy atom. The molecule has 0 aliphatic carbocycles. The summed E-state index contributed by atoms with van der Waals surface area (Å²) in [5.41, 5.74) is 1.36. The number of ether oxygens (including phenoxy) is 1. The van der Waals surface area contributed by atoms with Gasteiger partial charge in [0.25, 0.3) is 6.01 Å². The third-order valence-corrected chi connectivity index (χ3v) is 2.58. The molecule has 1 aliphatic rings. The number of nitrogens with zero attached hydrogens (tertiary/aromatic N) is 2. The van der Waals surface area contributed by atoms with Gasteiger partial charge in [0, 0.05) is 6.07 Å². The lowest BCUT2D eigenvalue weighted by Gasteiger charge is -2.15. The molecule has 1 aromatic carbocycles. The van der Waals surface area contributed by atoms with Crippen LogP contribution >= 0.6 is 0 Å². The lowest BCUT2D eigenvalue weighted by Crippen LogP contribution is -2.26. The quantitative estimate of drug-likeness (QED) is 0.661. The van der Waals surface area contributed by atoms with E-state index in [-0.39, 0.29) is 11.4 Å². The number of aromatic nitrogens is 2. The molecule has 0 radical (unpaired) electrons. The van der Waals surface area contributed by atoms with Crippen molar-refractivity contribution >= 4 is 11.0 Å². The van der Waals surface area contributed by atoms with Crippen LogP contribution in [-0.4, -0.2) is 15.2 Å². The van der Waals surface area contributed by atoms with E-state index in [0.717, 1.165) is 12.1 Å². The molecule has 2 aromatic rings. The van der Waals surface area contributed by atoms with Crippen LogP contribution in [0, 0.1) is 5.82 Å². The maximum atomic E-state index is 13.0. The summed E-state index contributed by atoms with van der Waals surface area (Å²) in [6.45, 7) is 4.78. The minimum absolute atomic E-state index is 0.217. The molecule has 0 unspecified atom stereocenters. The molecule has 4 heteroatoms. The van der Waals surface area contributed by atoms with E-state index >= 15 is 0 Å². The summed E-state index contributed by atoms with van der Waals surface area (Å²) < 4.78 is 20.6.